The molecule has 4 heteroatoms. The molecule has 4 rings (SSSR count). The standard InChI is InChI=1S/C12H11Si.2C5H5.2ClH.Hf/c1-3-7-11(8-4-1)13-12-9-5-2-6-10-12;2*1-2-4-5-3-1;;;/h1-10,13H;2*1-3H,4H2;2*1H;/q;2*-1;;;+4/p-2. The summed E-state index contributed by atoms with van der Waals surface area (Å²) >= 11 is 0. The fourth-order valence-electron chi connectivity index (χ4n) is 1.97. The van der Waals surface area contributed by atoms with E-state index in [1.807, 2.05) is 24.3 Å². The van der Waals surface area contributed by atoms with E-state index in [2.05, 4.69) is 85.0 Å². The van der Waals surface area contributed by atoms with Gasteiger partial charge in [0, 0.05) is 0 Å². The summed E-state index contributed by atoms with van der Waals surface area (Å²) in [7, 11) is 0.271. The largest absolute Gasteiger partial charge is 4.00 e. The Labute approximate surface area is 191 Å². The topological polar surface area (TPSA) is 0 Å². The number of benzene rings is 2. The van der Waals surface area contributed by atoms with Crippen LogP contribution in [0.25, 0.3) is 0 Å². The van der Waals surface area contributed by atoms with Gasteiger partial charge in [-0.1, -0.05) is 71.0 Å². The first-order valence-corrected chi connectivity index (χ1v) is 8.99. The number of hydrogen-bond donors (Lipinski definition) is 0. The van der Waals surface area contributed by atoms with E-state index >= 15 is 0 Å². The molecule has 0 aromatic heterocycles. The van der Waals surface area contributed by atoms with Crippen LogP contribution in [0.1, 0.15) is 12.8 Å². The fraction of sp³-hybridized carbons (Fsp3) is 0.0909. The molecule has 2 aromatic rings. The van der Waals surface area contributed by atoms with E-state index in [0.717, 1.165) is 12.8 Å². The summed E-state index contributed by atoms with van der Waals surface area (Å²) in [6.45, 7) is 0. The number of rotatable bonds is 2. The molecular weight excluding hydrogens is 542 g/mol. The van der Waals surface area contributed by atoms with E-state index in [4.69, 9.17) is 0 Å². The molecule has 0 nitrogen and oxygen atoms in total. The molecule has 2 aromatic carbocycles. The second-order valence-corrected chi connectivity index (χ2v) is 6.59. The second kappa shape index (κ2) is 18.8. The molecule has 131 valence electrons. The van der Waals surface area contributed by atoms with Crippen LogP contribution in [-0.2, 0) is 25.8 Å². The minimum atomic E-state index is 0. The van der Waals surface area contributed by atoms with E-state index in [0.29, 0.717) is 0 Å². The Morgan fingerprint density at radius 2 is 1.00 bits per heavy atom. The van der Waals surface area contributed by atoms with Gasteiger partial charge in [-0.05, 0) is 0 Å². The zero-order valence-electron chi connectivity index (χ0n) is 14.5. The van der Waals surface area contributed by atoms with Crippen LogP contribution in [0, 0.1) is 12.2 Å². The summed E-state index contributed by atoms with van der Waals surface area (Å²) < 4.78 is 0. The van der Waals surface area contributed by atoms with Crippen LogP contribution in [0.15, 0.2) is 97.1 Å². The van der Waals surface area contributed by atoms with Crippen molar-refractivity contribution in [2.45, 2.75) is 12.8 Å². The average molecular weight is 563 g/mol. The van der Waals surface area contributed by atoms with Gasteiger partial charge in [-0.3, -0.25) is 12.2 Å². The third kappa shape index (κ3) is 13.3. The zero-order chi connectivity index (χ0) is 16.0. The molecular formula is C22H21Cl2HfSi. The fourth-order valence-corrected chi connectivity index (χ4v) is 3.19. The number of allylic oxidation sites excluding steroid dienone is 8. The molecule has 0 atom stereocenters. The van der Waals surface area contributed by atoms with Crippen molar-refractivity contribution in [2.24, 2.45) is 0 Å². The monoisotopic (exact) mass is 563 g/mol. The van der Waals surface area contributed by atoms with Gasteiger partial charge in [0.1, 0.15) is 9.52 Å². The quantitative estimate of drug-likeness (QED) is 0.285. The number of hydrogen-bond acceptors (Lipinski definition) is 0. The van der Waals surface area contributed by atoms with E-state index in [9.17, 15) is 0 Å². The maximum absolute atomic E-state index is 2.99. The molecule has 0 aliphatic heterocycles. The van der Waals surface area contributed by atoms with Crippen LogP contribution >= 0.6 is 0 Å². The molecule has 0 saturated carbocycles. The van der Waals surface area contributed by atoms with E-state index in [1.165, 1.54) is 10.4 Å². The van der Waals surface area contributed by atoms with Crippen molar-refractivity contribution in [3.05, 3.63) is 109 Å². The second-order valence-electron chi connectivity index (χ2n) is 4.97. The van der Waals surface area contributed by atoms with Crippen LogP contribution in [0.5, 0.6) is 0 Å². The Bertz CT molecular complexity index is 586. The first-order valence-electron chi connectivity index (χ1n) is 7.83. The molecule has 1 radical (unpaired) electrons. The van der Waals surface area contributed by atoms with Gasteiger partial charge in [-0.15, -0.1) is 12.8 Å². The summed E-state index contributed by atoms with van der Waals surface area (Å²) in [6, 6.07) is 21.3. The minimum Gasteiger partial charge on any atom is -1.00 e. The van der Waals surface area contributed by atoms with Crippen molar-refractivity contribution in [1.82, 2.24) is 0 Å². The van der Waals surface area contributed by atoms with Gasteiger partial charge in [-0.2, -0.15) is 12.2 Å². The molecule has 0 fully saturated rings. The van der Waals surface area contributed by atoms with E-state index in [-0.39, 0.29) is 60.2 Å². The molecule has 0 heterocycles. The van der Waals surface area contributed by atoms with Gasteiger partial charge in [0.2, 0.25) is 0 Å². The predicted molar refractivity (Wildman–Crippen MR) is 102 cm³/mol. The van der Waals surface area contributed by atoms with Crippen LogP contribution in [0.3, 0.4) is 0 Å². The maximum atomic E-state index is 2.99. The van der Waals surface area contributed by atoms with Gasteiger partial charge in [0.15, 0.2) is 0 Å². The minimum absolute atomic E-state index is 0. The Morgan fingerprint density at radius 3 is 1.23 bits per heavy atom. The van der Waals surface area contributed by atoms with Crippen molar-refractivity contribution >= 4 is 19.9 Å². The first-order chi connectivity index (χ1) is 11.4. The van der Waals surface area contributed by atoms with E-state index in [1.54, 1.807) is 0 Å². The molecule has 0 bridgehead atoms. The van der Waals surface area contributed by atoms with E-state index < -0.39 is 0 Å². The Balaban J connectivity index is 0. The van der Waals surface area contributed by atoms with Crippen LogP contribution < -0.4 is 35.2 Å². The van der Waals surface area contributed by atoms with Gasteiger partial charge >= 0.3 is 25.8 Å². The van der Waals surface area contributed by atoms with Crippen LogP contribution in [0.2, 0.25) is 0 Å². The molecule has 0 unspecified atom stereocenters. The molecule has 2 aliphatic carbocycles. The third-order valence-electron chi connectivity index (χ3n) is 3.10. The smallest absolute Gasteiger partial charge is 1.00 e. The number of halogens is 2. The maximum Gasteiger partial charge on any atom is 4.00 e. The van der Waals surface area contributed by atoms with Gasteiger partial charge in [0.05, 0.1) is 0 Å². The predicted octanol–water partition coefficient (Wildman–Crippen LogP) is -2.31. The van der Waals surface area contributed by atoms with Gasteiger partial charge < -0.3 is 24.8 Å². The average Bonchev–Trinajstić information content (AvgIpc) is 3.35. The summed E-state index contributed by atoms with van der Waals surface area (Å²) in [5.74, 6) is 0. The molecule has 0 amide bonds. The summed E-state index contributed by atoms with van der Waals surface area (Å²) in [5.41, 5.74) is 0. The Morgan fingerprint density at radius 1 is 0.615 bits per heavy atom. The summed E-state index contributed by atoms with van der Waals surface area (Å²) in [6.07, 6.45) is 20.0. The van der Waals surface area contributed by atoms with Crippen molar-refractivity contribution in [3.63, 3.8) is 0 Å². The molecule has 0 N–H and O–H groups in total. The van der Waals surface area contributed by atoms with Crippen molar-refractivity contribution in [1.29, 1.82) is 0 Å². The Hall–Kier alpha value is -0.933. The summed E-state index contributed by atoms with van der Waals surface area (Å²) in [4.78, 5) is 0. The SMILES string of the molecule is [C-]1=CC=CC1.[C-]1=CC=CC1.[Cl-].[Cl-].[Hf+4].c1ccc([SiH]c2ccccc2)cc1. The van der Waals surface area contributed by atoms with Crippen molar-refractivity contribution in [2.75, 3.05) is 0 Å². The summed E-state index contributed by atoms with van der Waals surface area (Å²) in [5, 5.41) is 2.90. The van der Waals surface area contributed by atoms with Gasteiger partial charge in [0.25, 0.3) is 0 Å². The van der Waals surface area contributed by atoms with Gasteiger partial charge in [-0.25, -0.2) is 24.3 Å². The van der Waals surface area contributed by atoms with Crippen molar-refractivity contribution < 1.29 is 50.7 Å². The molecule has 0 spiro atoms. The normalized spacial score (nSPS) is 11.7. The molecule has 2 aliphatic rings. The third-order valence-corrected chi connectivity index (χ3v) is 4.54. The zero-order valence-corrected chi connectivity index (χ0v) is 20.7. The molecule has 0 saturated heterocycles. The van der Waals surface area contributed by atoms with Crippen LogP contribution in [-0.4, -0.2) is 9.52 Å². The molecule has 26 heavy (non-hydrogen) atoms. The van der Waals surface area contributed by atoms with Crippen molar-refractivity contribution in [3.8, 4) is 0 Å². The first kappa shape index (κ1) is 27.3. The Kier molecular flexibility index (Phi) is 19.8. The van der Waals surface area contributed by atoms with Crippen LogP contribution in [0.4, 0.5) is 0 Å².